The van der Waals surface area contributed by atoms with Crippen LogP contribution < -0.4 is 10.1 Å². The lowest BCUT2D eigenvalue weighted by atomic mass is 10.2. The van der Waals surface area contributed by atoms with Crippen LogP contribution in [0.2, 0.25) is 0 Å². The van der Waals surface area contributed by atoms with Crippen molar-refractivity contribution in [1.29, 1.82) is 0 Å². The summed E-state index contributed by atoms with van der Waals surface area (Å²) in [4.78, 5) is 17.1. The summed E-state index contributed by atoms with van der Waals surface area (Å²) in [5.41, 5.74) is 1.43. The van der Waals surface area contributed by atoms with Gasteiger partial charge in [-0.3, -0.25) is 14.6 Å². The first kappa shape index (κ1) is 21.9. The number of carbonyl (C=O) groups is 1. The molecule has 160 valence electrons. The smallest absolute Gasteiger partial charge is 0.387 e. The number of halogens is 2. The van der Waals surface area contributed by atoms with Crippen LogP contribution >= 0.6 is 0 Å². The largest absolute Gasteiger partial charge is 0.433 e. The minimum Gasteiger partial charge on any atom is -0.433 e. The maximum absolute atomic E-state index is 12.6. The summed E-state index contributed by atoms with van der Waals surface area (Å²) in [6, 6.07) is 16.0. The number of amides is 1. The fourth-order valence-corrected chi connectivity index (χ4v) is 3.41. The normalized spacial score (nSPS) is 16.7. The van der Waals surface area contributed by atoms with Crippen molar-refractivity contribution in [3.05, 3.63) is 66.2 Å². The number of nitrogens with one attached hydrogen (secondary N) is 1. The third kappa shape index (κ3) is 6.37. The van der Waals surface area contributed by atoms with Gasteiger partial charge in [0, 0.05) is 32.7 Å². The van der Waals surface area contributed by atoms with Crippen molar-refractivity contribution < 1.29 is 18.3 Å². The Kier molecular flexibility index (Phi) is 7.93. The molecule has 1 atom stereocenters. The van der Waals surface area contributed by atoms with Gasteiger partial charge < -0.3 is 10.1 Å². The van der Waals surface area contributed by atoms with E-state index in [1.807, 2.05) is 25.1 Å². The molecule has 0 unspecified atom stereocenters. The number of alkyl halides is 2. The highest BCUT2D eigenvalue weighted by Crippen LogP contribution is 2.26. The van der Waals surface area contributed by atoms with Gasteiger partial charge in [-0.1, -0.05) is 54.6 Å². The van der Waals surface area contributed by atoms with Gasteiger partial charge in [-0.25, -0.2) is 0 Å². The molecule has 2 aromatic rings. The average molecular weight is 415 g/mol. The molecule has 3 rings (SSSR count). The van der Waals surface area contributed by atoms with Crippen LogP contribution in [0.25, 0.3) is 6.08 Å². The predicted molar refractivity (Wildman–Crippen MR) is 115 cm³/mol. The molecule has 0 spiro atoms. The lowest BCUT2D eigenvalue weighted by molar-refractivity contribution is -0.121. The number of nitrogens with zero attached hydrogens (tertiary/aromatic N) is 2. The van der Waals surface area contributed by atoms with Crippen molar-refractivity contribution in [2.75, 3.05) is 38.0 Å². The van der Waals surface area contributed by atoms with Crippen LogP contribution in [0.15, 0.2) is 60.7 Å². The summed E-state index contributed by atoms with van der Waals surface area (Å²) >= 11 is 0. The van der Waals surface area contributed by atoms with E-state index in [1.54, 1.807) is 18.2 Å². The van der Waals surface area contributed by atoms with Gasteiger partial charge in [-0.15, -0.1) is 0 Å². The molecule has 1 saturated heterocycles. The van der Waals surface area contributed by atoms with Crippen molar-refractivity contribution in [2.45, 2.75) is 19.6 Å². The lowest BCUT2D eigenvalue weighted by Gasteiger charge is -2.37. The molecule has 30 heavy (non-hydrogen) atoms. The average Bonchev–Trinajstić information content (AvgIpc) is 2.75. The van der Waals surface area contributed by atoms with Gasteiger partial charge in [-0.2, -0.15) is 8.78 Å². The van der Waals surface area contributed by atoms with E-state index >= 15 is 0 Å². The highest BCUT2D eigenvalue weighted by Gasteiger charge is 2.26. The monoisotopic (exact) mass is 415 g/mol. The first-order valence-corrected chi connectivity index (χ1v) is 10.1. The molecular weight excluding hydrogens is 388 g/mol. The van der Waals surface area contributed by atoms with Crippen LogP contribution in [-0.4, -0.2) is 61.1 Å². The molecule has 1 heterocycles. The molecule has 0 saturated carbocycles. The van der Waals surface area contributed by atoms with Crippen molar-refractivity contribution in [1.82, 2.24) is 9.80 Å². The molecule has 0 bridgehead atoms. The van der Waals surface area contributed by atoms with Gasteiger partial charge in [0.05, 0.1) is 11.7 Å². The maximum Gasteiger partial charge on any atom is 0.387 e. The highest BCUT2D eigenvalue weighted by atomic mass is 19.3. The Labute approximate surface area is 175 Å². The van der Waals surface area contributed by atoms with E-state index in [1.165, 1.54) is 11.6 Å². The number of anilines is 1. The molecule has 0 radical (unpaired) electrons. The summed E-state index contributed by atoms with van der Waals surface area (Å²) in [7, 11) is 0. The number of hydrogen-bond acceptors (Lipinski definition) is 4. The Morgan fingerprint density at radius 3 is 2.43 bits per heavy atom. The van der Waals surface area contributed by atoms with E-state index in [4.69, 9.17) is 0 Å². The number of hydrogen-bond donors (Lipinski definition) is 1. The molecule has 0 aromatic heterocycles. The minimum atomic E-state index is -2.94. The summed E-state index contributed by atoms with van der Waals surface area (Å²) in [6.07, 6.45) is 4.27. The van der Waals surface area contributed by atoms with E-state index in [0.29, 0.717) is 0 Å². The Bertz CT molecular complexity index is 837. The van der Waals surface area contributed by atoms with Crippen molar-refractivity contribution >= 4 is 17.7 Å². The number of rotatable bonds is 8. The topological polar surface area (TPSA) is 44.8 Å². The Morgan fingerprint density at radius 1 is 1.07 bits per heavy atom. The van der Waals surface area contributed by atoms with E-state index in [0.717, 1.165) is 32.7 Å². The van der Waals surface area contributed by atoms with Gasteiger partial charge in [0.25, 0.3) is 0 Å². The number of benzene rings is 2. The molecule has 1 N–H and O–H groups in total. The molecule has 5 nitrogen and oxygen atoms in total. The zero-order valence-corrected chi connectivity index (χ0v) is 17.0. The summed E-state index contributed by atoms with van der Waals surface area (Å²) < 4.78 is 29.6. The Morgan fingerprint density at radius 2 is 1.73 bits per heavy atom. The molecule has 1 aliphatic rings. The fourth-order valence-electron chi connectivity index (χ4n) is 3.41. The number of piperazine rings is 1. The molecule has 1 fully saturated rings. The third-order valence-corrected chi connectivity index (χ3v) is 5.17. The lowest BCUT2D eigenvalue weighted by Crippen LogP contribution is -2.52. The molecular formula is C23H27F2N3O2. The molecule has 1 amide bonds. The van der Waals surface area contributed by atoms with Crippen LogP contribution in [0.1, 0.15) is 12.5 Å². The van der Waals surface area contributed by atoms with Crippen LogP contribution in [0.3, 0.4) is 0 Å². The highest BCUT2D eigenvalue weighted by molar-refractivity contribution is 5.95. The van der Waals surface area contributed by atoms with Gasteiger partial charge in [-0.05, 0) is 24.6 Å². The standard InChI is InChI=1S/C23H27F2N3O2/c1-18(22(29)26-20-11-5-6-12-21(20)30-23(24)25)28-16-14-27(15-17-28)13-7-10-19-8-3-2-4-9-19/h2-12,18,23H,13-17H2,1H3,(H,26,29)/b10-7+/t18-/m1/s1. The van der Waals surface area contributed by atoms with Gasteiger partial charge >= 0.3 is 6.61 Å². The summed E-state index contributed by atoms with van der Waals surface area (Å²) in [5, 5.41) is 2.71. The predicted octanol–water partition coefficient (Wildman–Crippen LogP) is 3.95. The number of carbonyl (C=O) groups excluding carboxylic acids is 1. The molecule has 0 aliphatic carbocycles. The maximum atomic E-state index is 12.6. The molecule has 1 aliphatic heterocycles. The van der Waals surface area contributed by atoms with E-state index in [9.17, 15) is 13.6 Å². The molecule has 2 aromatic carbocycles. The number of ether oxygens (including phenoxy) is 1. The molecule has 7 heteroatoms. The SMILES string of the molecule is C[C@H](C(=O)Nc1ccccc1OC(F)F)N1CCN(C/C=C/c2ccccc2)CC1. The first-order chi connectivity index (χ1) is 14.5. The zero-order valence-electron chi connectivity index (χ0n) is 17.0. The van der Waals surface area contributed by atoms with Crippen molar-refractivity contribution in [3.63, 3.8) is 0 Å². The minimum absolute atomic E-state index is 0.0388. The second-order valence-corrected chi connectivity index (χ2v) is 7.19. The fraction of sp³-hybridized carbons (Fsp3) is 0.348. The second kappa shape index (κ2) is 10.8. The second-order valence-electron chi connectivity index (χ2n) is 7.19. The number of para-hydroxylation sites is 2. The van der Waals surface area contributed by atoms with Gasteiger partial charge in [0.1, 0.15) is 5.75 Å². The van der Waals surface area contributed by atoms with Crippen molar-refractivity contribution in [3.8, 4) is 5.75 Å². The Balaban J connectivity index is 1.47. The zero-order chi connectivity index (χ0) is 21.3. The van der Waals surface area contributed by atoms with Crippen LogP contribution in [0.4, 0.5) is 14.5 Å². The quantitative estimate of drug-likeness (QED) is 0.709. The van der Waals surface area contributed by atoms with Gasteiger partial charge in [0.2, 0.25) is 5.91 Å². The first-order valence-electron chi connectivity index (χ1n) is 10.1. The Hall–Kier alpha value is -2.77. The van der Waals surface area contributed by atoms with E-state index < -0.39 is 6.61 Å². The van der Waals surface area contributed by atoms with E-state index in [-0.39, 0.29) is 23.4 Å². The van der Waals surface area contributed by atoms with Gasteiger partial charge in [0.15, 0.2) is 0 Å². The van der Waals surface area contributed by atoms with Crippen LogP contribution in [0, 0.1) is 0 Å². The van der Waals surface area contributed by atoms with Crippen molar-refractivity contribution in [2.24, 2.45) is 0 Å². The van der Waals surface area contributed by atoms with Crippen LogP contribution in [-0.2, 0) is 4.79 Å². The summed E-state index contributed by atoms with van der Waals surface area (Å²) in [5.74, 6) is -0.277. The van der Waals surface area contributed by atoms with Crippen LogP contribution in [0.5, 0.6) is 5.75 Å². The third-order valence-electron chi connectivity index (χ3n) is 5.17. The van der Waals surface area contributed by atoms with E-state index in [2.05, 4.69) is 44.1 Å². The summed E-state index contributed by atoms with van der Waals surface area (Å²) in [6.45, 7) is 3.01.